The van der Waals surface area contributed by atoms with Crippen molar-refractivity contribution in [2.75, 3.05) is 38.8 Å². The van der Waals surface area contributed by atoms with Crippen LogP contribution in [0.15, 0.2) is 0 Å². The van der Waals surface area contributed by atoms with Gasteiger partial charge in [0.25, 0.3) is 0 Å². The van der Waals surface area contributed by atoms with E-state index in [1.807, 2.05) is 0 Å². The van der Waals surface area contributed by atoms with E-state index in [1.165, 1.54) is 0 Å². The second-order valence-corrected chi connectivity index (χ2v) is 3.92. The van der Waals surface area contributed by atoms with Crippen molar-refractivity contribution in [2.24, 2.45) is 0 Å². The Kier molecular flexibility index (Phi) is 10.1. The third-order valence-electron chi connectivity index (χ3n) is 1.40. The number of thiocarbonyl (C=S) groups is 1. The molecule has 0 aromatic heterocycles. The fourth-order valence-corrected chi connectivity index (χ4v) is 1.26. The van der Waals surface area contributed by atoms with Gasteiger partial charge >= 0.3 is 0 Å². The molecule has 0 saturated carbocycles. The fourth-order valence-electron chi connectivity index (χ4n) is 0.748. The molecule has 0 aromatic carbocycles. The summed E-state index contributed by atoms with van der Waals surface area (Å²) in [7, 11) is 1.70. The van der Waals surface area contributed by atoms with Gasteiger partial charge in [0.2, 0.25) is 0 Å². The van der Waals surface area contributed by atoms with Gasteiger partial charge in [0, 0.05) is 32.6 Å². The molecule has 0 aliphatic rings. The molecule has 2 N–H and O–H groups in total. The minimum absolute atomic E-state index is 0.741. The summed E-state index contributed by atoms with van der Waals surface area (Å²) in [6, 6.07) is 0. The summed E-state index contributed by atoms with van der Waals surface area (Å²) in [5.41, 5.74) is 0. The molecule has 0 radical (unpaired) electrons. The van der Waals surface area contributed by atoms with E-state index in [9.17, 15) is 0 Å². The quantitative estimate of drug-likeness (QED) is 0.493. The topological polar surface area (TPSA) is 33.3 Å². The first-order chi connectivity index (χ1) is 6.31. The van der Waals surface area contributed by atoms with Crippen molar-refractivity contribution in [3.05, 3.63) is 0 Å². The second-order valence-electron chi connectivity index (χ2n) is 2.52. The zero-order chi connectivity index (χ0) is 9.94. The van der Waals surface area contributed by atoms with Crippen molar-refractivity contribution in [3.8, 4) is 0 Å². The Labute approximate surface area is 90.0 Å². The van der Waals surface area contributed by atoms with Crippen molar-refractivity contribution >= 4 is 29.1 Å². The molecule has 0 bridgehead atoms. The summed E-state index contributed by atoms with van der Waals surface area (Å²) in [6.45, 7) is 2.58. The molecular weight excluding hydrogens is 204 g/mol. The van der Waals surface area contributed by atoms with Crippen LogP contribution >= 0.6 is 24.0 Å². The van der Waals surface area contributed by atoms with Crippen LogP contribution in [0.4, 0.5) is 0 Å². The number of rotatable bonds is 7. The van der Waals surface area contributed by atoms with Gasteiger partial charge in [-0.3, -0.25) is 0 Å². The van der Waals surface area contributed by atoms with E-state index in [1.54, 1.807) is 18.9 Å². The van der Waals surface area contributed by atoms with Crippen LogP contribution < -0.4 is 10.6 Å². The number of hydrogen-bond acceptors (Lipinski definition) is 3. The number of ether oxygens (including phenoxy) is 1. The fraction of sp³-hybridized carbons (Fsp3) is 0.875. The molecule has 13 heavy (non-hydrogen) atoms. The Morgan fingerprint density at radius 1 is 1.38 bits per heavy atom. The molecular formula is C8H18N2OS2. The average molecular weight is 222 g/mol. The maximum Gasteiger partial charge on any atom is 0.166 e. The van der Waals surface area contributed by atoms with E-state index in [0.717, 1.165) is 37.0 Å². The van der Waals surface area contributed by atoms with Gasteiger partial charge in [-0.25, -0.2) is 0 Å². The van der Waals surface area contributed by atoms with Crippen LogP contribution in [0.25, 0.3) is 0 Å². The predicted molar refractivity (Wildman–Crippen MR) is 63.5 cm³/mol. The van der Waals surface area contributed by atoms with Crippen molar-refractivity contribution in [1.29, 1.82) is 0 Å². The Balaban J connectivity index is 3.11. The third kappa shape index (κ3) is 9.92. The zero-order valence-electron chi connectivity index (χ0n) is 8.26. The Morgan fingerprint density at radius 2 is 2.08 bits per heavy atom. The summed E-state index contributed by atoms with van der Waals surface area (Å²) in [6.07, 6.45) is 3.07. The summed E-state index contributed by atoms with van der Waals surface area (Å²) in [4.78, 5) is 0. The molecule has 0 rings (SSSR count). The van der Waals surface area contributed by atoms with E-state index >= 15 is 0 Å². The molecule has 0 heterocycles. The van der Waals surface area contributed by atoms with Gasteiger partial charge in [-0.1, -0.05) is 0 Å². The first-order valence-corrected chi connectivity index (χ1v) is 6.11. The lowest BCUT2D eigenvalue weighted by molar-refractivity contribution is 0.195. The molecule has 0 spiro atoms. The van der Waals surface area contributed by atoms with Crippen LogP contribution in [0.5, 0.6) is 0 Å². The van der Waals surface area contributed by atoms with Gasteiger partial charge in [0.1, 0.15) is 0 Å². The number of hydrogen-bond donors (Lipinski definition) is 2. The first-order valence-electron chi connectivity index (χ1n) is 4.31. The Morgan fingerprint density at radius 3 is 2.69 bits per heavy atom. The van der Waals surface area contributed by atoms with Crippen LogP contribution in [-0.4, -0.2) is 43.9 Å². The van der Waals surface area contributed by atoms with Crippen LogP contribution in [0.3, 0.4) is 0 Å². The molecule has 0 unspecified atom stereocenters. The van der Waals surface area contributed by atoms with Gasteiger partial charge in [-0.15, -0.1) is 0 Å². The summed E-state index contributed by atoms with van der Waals surface area (Å²) < 4.78 is 4.92. The standard InChI is InChI=1S/C8H18N2OS2/c1-11-6-3-4-9-8(12)10-5-7-13-2/h3-7H2,1-2H3,(H2,9,10,12). The lowest BCUT2D eigenvalue weighted by Gasteiger charge is -2.09. The molecule has 0 fully saturated rings. The largest absolute Gasteiger partial charge is 0.385 e. The highest BCUT2D eigenvalue weighted by Crippen LogP contribution is 1.86. The second kappa shape index (κ2) is 10.1. The smallest absolute Gasteiger partial charge is 0.166 e. The first kappa shape index (κ1) is 13.0. The number of thioether (sulfide) groups is 1. The van der Waals surface area contributed by atoms with Crippen molar-refractivity contribution in [1.82, 2.24) is 10.6 Å². The number of nitrogens with one attached hydrogen (secondary N) is 2. The van der Waals surface area contributed by atoms with Gasteiger partial charge in [-0.2, -0.15) is 11.8 Å². The highest BCUT2D eigenvalue weighted by atomic mass is 32.2. The third-order valence-corrected chi connectivity index (χ3v) is 2.30. The molecule has 0 atom stereocenters. The van der Waals surface area contributed by atoms with Gasteiger partial charge < -0.3 is 15.4 Å². The van der Waals surface area contributed by atoms with Crippen LogP contribution in [-0.2, 0) is 4.74 Å². The van der Waals surface area contributed by atoms with Crippen LogP contribution in [0, 0.1) is 0 Å². The van der Waals surface area contributed by atoms with E-state index in [0.29, 0.717) is 0 Å². The summed E-state index contributed by atoms with van der Waals surface area (Å²) in [5.74, 6) is 1.08. The molecule has 0 amide bonds. The molecule has 0 aromatic rings. The monoisotopic (exact) mass is 222 g/mol. The van der Waals surface area contributed by atoms with E-state index in [2.05, 4.69) is 16.9 Å². The summed E-state index contributed by atoms with van der Waals surface area (Å²) in [5, 5.41) is 6.97. The zero-order valence-corrected chi connectivity index (χ0v) is 9.89. The molecule has 5 heteroatoms. The molecule has 0 aliphatic heterocycles. The maximum absolute atomic E-state index is 5.04. The predicted octanol–water partition coefficient (Wildman–Crippen LogP) is 0.850. The number of methoxy groups -OCH3 is 1. The summed E-state index contributed by atoms with van der Waals surface area (Å²) >= 11 is 6.85. The van der Waals surface area contributed by atoms with E-state index in [-0.39, 0.29) is 0 Å². The Bertz CT molecular complexity index is 133. The molecule has 0 saturated heterocycles. The molecule has 78 valence electrons. The molecule has 3 nitrogen and oxygen atoms in total. The highest BCUT2D eigenvalue weighted by molar-refractivity contribution is 7.98. The van der Waals surface area contributed by atoms with Gasteiger partial charge in [0.05, 0.1) is 0 Å². The lowest BCUT2D eigenvalue weighted by atomic mass is 10.4. The van der Waals surface area contributed by atoms with E-state index < -0.39 is 0 Å². The average Bonchev–Trinajstić information content (AvgIpc) is 2.13. The minimum Gasteiger partial charge on any atom is -0.385 e. The minimum atomic E-state index is 0.741. The van der Waals surface area contributed by atoms with Crippen molar-refractivity contribution < 1.29 is 4.74 Å². The maximum atomic E-state index is 5.04. The molecule has 0 aliphatic carbocycles. The van der Waals surface area contributed by atoms with Gasteiger partial charge in [-0.05, 0) is 24.9 Å². The Hall–Kier alpha value is 0. The van der Waals surface area contributed by atoms with E-state index in [4.69, 9.17) is 17.0 Å². The normalized spacial score (nSPS) is 9.69. The van der Waals surface area contributed by atoms with Gasteiger partial charge in [0.15, 0.2) is 5.11 Å². The lowest BCUT2D eigenvalue weighted by Crippen LogP contribution is -2.37. The van der Waals surface area contributed by atoms with Crippen LogP contribution in [0.1, 0.15) is 6.42 Å². The highest BCUT2D eigenvalue weighted by Gasteiger charge is 1.92. The van der Waals surface area contributed by atoms with Crippen molar-refractivity contribution in [3.63, 3.8) is 0 Å². The van der Waals surface area contributed by atoms with Crippen molar-refractivity contribution in [2.45, 2.75) is 6.42 Å². The SMILES string of the molecule is COCCCNC(=S)NCCSC. The van der Waals surface area contributed by atoms with Crippen LogP contribution in [0.2, 0.25) is 0 Å².